The molecule has 10 heteroatoms. The molecule has 0 amide bonds. The van der Waals surface area contributed by atoms with Gasteiger partial charge >= 0.3 is 19.8 Å². The van der Waals surface area contributed by atoms with E-state index in [1.54, 1.807) is 0 Å². The summed E-state index contributed by atoms with van der Waals surface area (Å²) in [6.45, 7) is 4.47. The first-order chi connectivity index (χ1) is 41.0. The highest BCUT2D eigenvalue weighted by atomic mass is 31.2. The molecule has 0 aromatic carbocycles. The highest BCUT2D eigenvalue weighted by Crippen LogP contribution is 2.43. The van der Waals surface area contributed by atoms with Gasteiger partial charge in [-0.25, -0.2) is 4.57 Å². The van der Waals surface area contributed by atoms with Crippen molar-refractivity contribution in [3.8, 4) is 0 Å². The molecule has 0 saturated heterocycles. The number of nitrogens with zero attached hydrogens (tertiary/aromatic N) is 1. The van der Waals surface area contributed by atoms with Crippen LogP contribution in [-0.4, -0.2) is 74.9 Å². The molecule has 2 unspecified atom stereocenters. The van der Waals surface area contributed by atoms with Crippen molar-refractivity contribution in [2.24, 2.45) is 0 Å². The van der Waals surface area contributed by atoms with Gasteiger partial charge in [0.1, 0.15) is 19.8 Å². The number of rotatable bonds is 70. The number of carbonyl (C=O) groups excluding carboxylic acids is 2. The summed E-state index contributed by atoms with van der Waals surface area (Å²) in [4.78, 5) is 35.8. The van der Waals surface area contributed by atoms with Gasteiger partial charge < -0.3 is 18.9 Å². The van der Waals surface area contributed by atoms with Crippen LogP contribution in [0, 0.1) is 0 Å². The van der Waals surface area contributed by atoms with E-state index in [1.165, 1.54) is 308 Å². The van der Waals surface area contributed by atoms with E-state index in [0.717, 1.165) is 44.9 Å². The smallest absolute Gasteiger partial charge is 0.462 e. The van der Waals surface area contributed by atoms with Crippen LogP contribution in [0.3, 0.4) is 0 Å². The quantitative estimate of drug-likeness (QED) is 0.0211. The zero-order valence-electron chi connectivity index (χ0n) is 56.9. The molecule has 0 heterocycles. The topological polar surface area (TPSA) is 108 Å². The van der Waals surface area contributed by atoms with E-state index in [9.17, 15) is 19.0 Å². The fourth-order valence-electron chi connectivity index (χ4n) is 11.3. The Hall–Kier alpha value is -1.51. The lowest BCUT2D eigenvalue weighted by molar-refractivity contribution is -0.870. The van der Waals surface area contributed by atoms with Gasteiger partial charge in [-0.2, -0.15) is 0 Å². The Kier molecular flexibility index (Phi) is 64.7. The van der Waals surface area contributed by atoms with E-state index in [2.05, 4.69) is 38.2 Å². The van der Waals surface area contributed by atoms with Crippen molar-refractivity contribution >= 4 is 19.8 Å². The van der Waals surface area contributed by atoms with Gasteiger partial charge in [-0.3, -0.25) is 18.6 Å². The molecule has 0 radical (unpaired) electrons. The highest BCUT2D eigenvalue weighted by molar-refractivity contribution is 7.47. The molecule has 0 aliphatic heterocycles. The summed E-state index contributed by atoms with van der Waals surface area (Å²) >= 11 is 0. The van der Waals surface area contributed by atoms with Crippen molar-refractivity contribution in [2.75, 3.05) is 47.5 Å². The number of hydrogen-bond acceptors (Lipinski definition) is 7. The van der Waals surface area contributed by atoms with Crippen LogP contribution in [0.15, 0.2) is 24.3 Å². The third-order valence-electron chi connectivity index (χ3n) is 17.0. The molecule has 1 N–H and O–H groups in total. The number of allylic oxidation sites excluding steroid dienone is 4. The first-order valence-corrected chi connectivity index (χ1v) is 38.6. The maximum absolute atomic E-state index is 12.8. The molecule has 498 valence electrons. The number of ether oxygens (including phenoxy) is 2. The van der Waals surface area contributed by atoms with Gasteiger partial charge in [-0.1, -0.05) is 353 Å². The normalized spacial score (nSPS) is 13.2. The second-order valence-corrected chi connectivity index (χ2v) is 28.1. The molecular weight excluding hydrogens is 1060 g/mol. The third-order valence-corrected chi connectivity index (χ3v) is 18.0. The summed E-state index contributed by atoms with van der Waals surface area (Å²) in [6, 6.07) is 0. The molecule has 0 aliphatic rings. The second-order valence-electron chi connectivity index (χ2n) is 26.7. The number of quaternary nitrogens is 1. The molecule has 0 fully saturated rings. The maximum Gasteiger partial charge on any atom is 0.472 e. The van der Waals surface area contributed by atoms with E-state index < -0.39 is 26.5 Å². The van der Waals surface area contributed by atoms with Gasteiger partial charge in [0.15, 0.2) is 6.10 Å². The standard InChI is InChI=1S/C74H144NO8P/c1-6-8-10-12-14-16-18-20-22-24-26-27-28-29-30-31-32-33-34-35-36-37-38-39-40-41-42-43-44-45-46-47-49-50-52-54-56-58-60-62-64-66-73(76)80-70-72(71-82-84(78,79)81-69-68-75(3,4)5)83-74(77)67-65-63-61-59-57-55-53-51-48-25-23-21-19-17-15-13-11-9-7-2/h15,17,21,23,72H,6-14,16,18-20,22,24-71H2,1-5H3/p+1/b17-15-,23-21-. The predicted molar refractivity (Wildman–Crippen MR) is 363 cm³/mol. The SMILES string of the molecule is CCCCC/C=C\C/C=C\CCCCCCCCCCCC(=O)OC(COC(=O)CCCCCCCCCCCCCCCCCCCCCCCCCCCCCCCCCCCCCCCCCCC)COP(=O)(O)OCC[N+](C)(C)C. The largest absolute Gasteiger partial charge is 0.472 e. The van der Waals surface area contributed by atoms with Crippen LogP contribution in [0.2, 0.25) is 0 Å². The number of carbonyl (C=O) groups is 2. The third kappa shape index (κ3) is 69.6. The predicted octanol–water partition coefficient (Wildman–Crippen LogP) is 24.1. The molecule has 0 aliphatic carbocycles. The van der Waals surface area contributed by atoms with E-state index in [4.69, 9.17) is 18.5 Å². The lowest BCUT2D eigenvalue weighted by atomic mass is 10.0. The molecule has 0 saturated carbocycles. The summed E-state index contributed by atoms with van der Waals surface area (Å²) in [7, 11) is 1.49. The lowest BCUT2D eigenvalue weighted by Gasteiger charge is -2.24. The van der Waals surface area contributed by atoms with Gasteiger partial charge in [0, 0.05) is 12.8 Å². The van der Waals surface area contributed by atoms with Crippen LogP contribution in [0.1, 0.15) is 386 Å². The highest BCUT2D eigenvalue weighted by Gasteiger charge is 2.27. The number of hydrogen-bond donors (Lipinski definition) is 1. The van der Waals surface area contributed by atoms with Crippen LogP contribution in [0.25, 0.3) is 0 Å². The summed E-state index contributed by atoms with van der Waals surface area (Å²) in [5, 5.41) is 0. The minimum Gasteiger partial charge on any atom is -0.462 e. The minimum absolute atomic E-state index is 0.0334. The number of likely N-dealkylation sites (N-methyl/N-ethyl adjacent to an activating group) is 1. The first kappa shape index (κ1) is 82.5. The number of esters is 2. The van der Waals surface area contributed by atoms with Crippen LogP contribution in [-0.2, 0) is 32.7 Å². The molecule has 0 spiro atoms. The van der Waals surface area contributed by atoms with Crippen molar-refractivity contribution in [1.82, 2.24) is 0 Å². The molecule has 0 bridgehead atoms. The van der Waals surface area contributed by atoms with Crippen LogP contribution in [0.5, 0.6) is 0 Å². The number of unbranched alkanes of at least 4 members (excludes halogenated alkanes) is 52. The van der Waals surface area contributed by atoms with Gasteiger partial charge in [0.25, 0.3) is 0 Å². The monoisotopic (exact) mass is 1210 g/mol. The van der Waals surface area contributed by atoms with Gasteiger partial charge in [-0.15, -0.1) is 0 Å². The van der Waals surface area contributed by atoms with E-state index in [-0.39, 0.29) is 25.6 Å². The van der Waals surface area contributed by atoms with Gasteiger partial charge in [0.2, 0.25) is 0 Å². The van der Waals surface area contributed by atoms with Crippen molar-refractivity contribution in [3.05, 3.63) is 24.3 Å². The Bertz CT molecular complexity index is 1460. The fraction of sp³-hybridized carbons (Fsp3) is 0.919. The zero-order valence-corrected chi connectivity index (χ0v) is 57.8. The minimum atomic E-state index is -4.39. The maximum atomic E-state index is 12.8. The molecule has 0 aromatic heterocycles. The van der Waals surface area contributed by atoms with Crippen LogP contribution >= 0.6 is 7.82 Å². The molecule has 2 atom stereocenters. The molecule has 84 heavy (non-hydrogen) atoms. The van der Waals surface area contributed by atoms with Gasteiger partial charge in [0.05, 0.1) is 27.7 Å². The second kappa shape index (κ2) is 65.9. The average Bonchev–Trinajstić information content (AvgIpc) is 3.61. The summed E-state index contributed by atoms with van der Waals surface area (Å²) in [5.74, 6) is -0.782. The van der Waals surface area contributed by atoms with E-state index in [1.807, 2.05) is 21.1 Å². The molecule has 9 nitrogen and oxygen atoms in total. The van der Waals surface area contributed by atoms with Crippen LogP contribution in [0.4, 0.5) is 0 Å². The number of phosphoric acid groups is 1. The van der Waals surface area contributed by atoms with Crippen LogP contribution < -0.4 is 0 Å². The Morgan fingerprint density at radius 2 is 0.643 bits per heavy atom. The molecule has 0 aromatic rings. The average molecular weight is 1210 g/mol. The van der Waals surface area contributed by atoms with Crippen molar-refractivity contribution < 1.29 is 42.1 Å². The Morgan fingerprint density at radius 3 is 0.964 bits per heavy atom. The summed E-state index contributed by atoms with van der Waals surface area (Å²) in [6.07, 6.45) is 83.3. The number of phosphoric ester groups is 1. The Balaban J connectivity index is 3.83. The first-order valence-electron chi connectivity index (χ1n) is 37.1. The fourth-order valence-corrected chi connectivity index (χ4v) is 12.0. The van der Waals surface area contributed by atoms with Crippen molar-refractivity contribution in [1.29, 1.82) is 0 Å². The van der Waals surface area contributed by atoms with Crippen molar-refractivity contribution in [2.45, 2.75) is 392 Å². The van der Waals surface area contributed by atoms with Gasteiger partial charge in [-0.05, 0) is 44.9 Å². The molecule has 0 rings (SSSR count). The Morgan fingerprint density at radius 1 is 0.369 bits per heavy atom. The lowest BCUT2D eigenvalue weighted by Crippen LogP contribution is -2.37. The summed E-state index contributed by atoms with van der Waals surface area (Å²) in [5.41, 5.74) is 0. The summed E-state index contributed by atoms with van der Waals surface area (Å²) < 4.78 is 34.7. The Labute approximate surface area is 523 Å². The zero-order chi connectivity index (χ0) is 61.2. The molecular formula is C74H145NO8P+. The van der Waals surface area contributed by atoms with E-state index in [0.29, 0.717) is 23.9 Å². The van der Waals surface area contributed by atoms with E-state index >= 15 is 0 Å². The van der Waals surface area contributed by atoms with Crippen molar-refractivity contribution in [3.63, 3.8) is 0 Å².